The molecule has 5 heteroatoms. The van der Waals surface area contributed by atoms with Crippen LogP contribution in [-0.2, 0) is 9.53 Å². The van der Waals surface area contributed by atoms with E-state index in [1.165, 1.54) is 12.8 Å². The Balaban J connectivity index is 0.00000361. The molecule has 1 aliphatic heterocycles. The Morgan fingerprint density at radius 2 is 2.15 bits per heavy atom. The Morgan fingerprint density at radius 1 is 1.40 bits per heavy atom. The van der Waals surface area contributed by atoms with Crippen LogP contribution in [0.15, 0.2) is 0 Å². The van der Waals surface area contributed by atoms with Gasteiger partial charge in [-0.05, 0) is 58.2 Å². The van der Waals surface area contributed by atoms with Crippen molar-refractivity contribution in [1.82, 2.24) is 10.2 Å². The van der Waals surface area contributed by atoms with Gasteiger partial charge in [-0.25, -0.2) is 0 Å². The molecule has 0 amide bonds. The van der Waals surface area contributed by atoms with Crippen molar-refractivity contribution in [2.75, 3.05) is 32.8 Å². The van der Waals surface area contributed by atoms with E-state index in [1.807, 2.05) is 6.92 Å². The second kappa shape index (κ2) is 11.4. The largest absolute Gasteiger partial charge is 0.465 e. The van der Waals surface area contributed by atoms with Crippen molar-refractivity contribution in [2.24, 2.45) is 5.92 Å². The summed E-state index contributed by atoms with van der Waals surface area (Å²) in [5, 5.41) is 3.45. The molecule has 0 saturated carbocycles. The average Bonchev–Trinajstić information content (AvgIpc) is 2.41. The predicted octanol–water partition coefficient (Wildman–Crippen LogP) is 2.46. The molecule has 120 valence electrons. The zero-order valence-corrected chi connectivity index (χ0v) is 14.0. The molecule has 0 aliphatic carbocycles. The Morgan fingerprint density at radius 3 is 2.65 bits per heavy atom. The van der Waals surface area contributed by atoms with Crippen molar-refractivity contribution in [1.29, 1.82) is 0 Å². The van der Waals surface area contributed by atoms with Crippen LogP contribution in [0.25, 0.3) is 0 Å². The molecular formula is C15H31ClN2O2. The lowest BCUT2D eigenvalue weighted by Crippen LogP contribution is -2.47. The molecule has 1 fully saturated rings. The van der Waals surface area contributed by atoms with E-state index >= 15 is 0 Å². The number of ether oxygens (including phenoxy) is 1. The molecule has 0 aromatic carbocycles. The van der Waals surface area contributed by atoms with Crippen LogP contribution in [-0.4, -0.2) is 49.7 Å². The molecule has 1 rings (SSSR count). The van der Waals surface area contributed by atoms with E-state index in [4.69, 9.17) is 4.74 Å². The normalized spacial score (nSPS) is 20.3. The minimum Gasteiger partial charge on any atom is -0.465 e. The third-order valence-corrected chi connectivity index (χ3v) is 3.79. The van der Waals surface area contributed by atoms with E-state index in [2.05, 4.69) is 24.1 Å². The molecule has 2 unspecified atom stereocenters. The van der Waals surface area contributed by atoms with Gasteiger partial charge in [0.25, 0.3) is 0 Å². The van der Waals surface area contributed by atoms with E-state index in [1.54, 1.807) is 0 Å². The van der Waals surface area contributed by atoms with Gasteiger partial charge in [0.15, 0.2) is 0 Å². The molecule has 1 saturated heterocycles. The maximum absolute atomic E-state index is 12.1. The highest BCUT2D eigenvalue weighted by molar-refractivity contribution is 5.85. The summed E-state index contributed by atoms with van der Waals surface area (Å²) in [6.07, 6.45) is 4.43. The van der Waals surface area contributed by atoms with Gasteiger partial charge >= 0.3 is 5.97 Å². The predicted molar refractivity (Wildman–Crippen MR) is 85.4 cm³/mol. The standard InChI is InChI=1S/C15H30N2O2.ClH/c1-4-10-17(12-13-8-7-9-16-11-13)14(5-2)15(18)19-6-3;/h13-14,16H,4-12H2,1-3H3;1H. The number of nitrogens with one attached hydrogen (secondary N) is 1. The minimum absolute atomic E-state index is 0. The number of rotatable bonds is 8. The molecule has 4 nitrogen and oxygen atoms in total. The summed E-state index contributed by atoms with van der Waals surface area (Å²) in [5.41, 5.74) is 0. The van der Waals surface area contributed by atoms with Crippen LogP contribution >= 0.6 is 12.4 Å². The van der Waals surface area contributed by atoms with Gasteiger partial charge in [-0.2, -0.15) is 0 Å². The lowest BCUT2D eigenvalue weighted by Gasteiger charge is -2.34. The van der Waals surface area contributed by atoms with Crippen LogP contribution in [0, 0.1) is 5.92 Å². The molecule has 2 atom stereocenters. The first-order valence-corrected chi connectivity index (χ1v) is 7.84. The molecule has 1 N–H and O–H groups in total. The molecule has 1 heterocycles. The van der Waals surface area contributed by atoms with Gasteiger partial charge in [-0.1, -0.05) is 13.8 Å². The number of carbonyl (C=O) groups is 1. The fourth-order valence-electron chi connectivity index (χ4n) is 2.89. The number of nitrogens with zero attached hydrogens (tertiary/aromatic N) is 1. The fourth-order valence-corrected chi connectivity index (χ4v) is 2.89. The van der Waals surface area contributed by atoms with Crippen LogP contribution in [0.4, 0.5) is 0 Å². The zero-order valence-electron chi connectivity index (χ0n) is 13.2. The topological polar surface area (TPSA) is 41.6 Å². The Kier molecular flexibility index (Phi) is 11.2. The molecule has 0 aromatic heterocycles. The molecule has 20 heavy (non-hydrogen) atoms. The number of hydrogen-bond donors (Lipinski definition) is 1. The first-order valence-electron chi connectivity index (χ1n) is 7.84. The minimum atomic E-state index is -0.0678. The van der Waals surface area contributed by atoms with Gasteiger partial charge < -0.3 is 10.1 Å². The van der Waals surface area contributed by atoms with Crippen molar-refractivity contribution in [3.8, 4) is 0 Å². The number of carbonyl (C=O) groups excluding carboxylic acids is 1. The van der Waals surface area contributed by atoms with E-state index in [0.29, 0.717) is 12.5 Å². The number of esters is 1. The van der Waals surface area contributed by atoms with Crippen LogP contribution in [0.3, 0.4) is 0 Å². The van der Waals surface area contributed by atoms with E-state index in [9.17, 15) is 4.79 Å². The van der Waals surface area contributed by atoms with Crippen molar-refractivity contribution >= 4 is 18.4 Å². The first kappa shape index (κ1) is 19.7. The van der Waals surface area contributed by atoms with Crippen molar-refractivity contribution in [3.63, 3.8) is 0 Å². The smallest absolute Gasteiger partial charge is 0.323 e. The van der Waals surface area contributed by atoms with Crippen LogP contribution in [0.1, 0.15) is 46.5 Å². The monoisotopic (exact) mass is 306 g/mol. The molecule has 0 radical (unpaired) electrons. The van der Waals surface area contributed by atoms with Crippen molar-refractivity contribution < 1.29 is 9.53 Å². The fraction of sp³-hybridized carbons (Fsp3) is 0.933. The maximum Gasteiger partial charge on any atom is 0.323 e. The average molecular weight is 307 g/mol. The van der Waals surface area contributed by atoms with E-state index in [-0.39, 0.29) is 24.4 Å². The molecule has 0 aromatic rings. The number of piperidine rings is 1. The molecule has 0 spiro atoms. The second-order valence-corrected chi connectivity index (χ2v) is 5.38. The zero-order chi connectivity index (χ0) is 14.1. The summed E-state index contributed by atoms with van der Waals surface area (Å²) in [7, 11) is 0. The summed E-state index contributed by atoms with van der Waals surface area (Å²) in [4.78, 5) is 14.4. The quantitative estimate of drug-likeness (QED) is 0.700. The summed E-state index contributed by atoms with van der Waals surface area (Å²) >= 11 is 0. The number of hydrogen-bond acceptors (Lipinski definition) is 4. The third kappa shape index (κ3) is 6.42. The highest BCUT2D eigenvalue weighted by atomic mass is 35.5. The molecule has 1 aliphatic rings. The number of halogens is 1. The van der Waals surface area contributed by atoms with E-state index in [0.717, 1.165) is 39.0 Å². The summed E-state index contributed by atoms with van der Waals surface area (Å²) in [5.74, 6) is 0.617. The second-order valence-electron chi connectivity index (χ2n) is 5.38. The van der Waals surface area contributed by atoms with Crippen molar-refractivity contribution in [2.45, 2.75) is 52.5 Å². The third-order valence-electron chi connectivity index (χ3n) is 3.79. The maximum atomic E-state index is 12.1. The Hall–Kier alpha value is -0.320. The summed E-state index contributed by atoms with van der Waals surface area (Å²) in [6.45, 7) is 10.8. The van der Waals surface area contributed by atoms with Crippen LogP contribution in [0.2, 0.25) is 0 Å². The Bertz CT molecular complexity index is 258. The SMILES string of the molecule is CCCN(CC1CCCNC1)C(CC)C(=O)OCC.Cl. The van der Waals surface area contributed by atoms with Gasteiger partial charge in [-0.15, -0.1) is 12.4 Å². The summed E-state index contributed by atoms with van der Waals surface area (Å²) in [6, 6.07) is -0.0678. The summed E-state index contributed by atoms with van der Waals surface area (Å²) < 4.78 is 5.22. The van der Waals surface area contributed by atoms with Gasteiger partial charge in [-0.3, -0.25) is 9.69 Å². The van der Waals surface area contributed by atoms with Gasteiger partial charge in [0.2, 0.25) is 0 Å². The lowest BCUT2D eigenvalue weighted by molar-refractivity contribution is -0.150. The van der Waals surface area contributed by atoms with Crippen molar-refractivity contribution in [3.05, 3.63) is 0 Å². The van der Waals surface area contributed by atoms with Gasteiger partial charge in [0.1, 0.15) is 6.04 Å². The first-order chi connectivity index (χ1) is 9.22. The van der Waals surface area contributed by atoms with Crippen LogP contribution < -0.4 is 5.32 Å². The van der Waals surface area contributed by atoms with Crippen LogP contribution in [0.5, 0.6) is 0 Å². The highest BCUT2D eigenvalue weighted by Crippen LogP contribution is 2.16. The highest BCUT2D eigenvalue weighted by Gasteiger charge is 2.27. The molecular weight excluding hydrogens is 276 g/mol. The Labute approximate surface area is 130 Å². The van der Waals surface area contributed by atoms with Gasteiger partial charge in [0.05, 0.1) is 6.61 Å². The van der Waals surface area contributed by atoms with E-state index < -0.39 is 0 Å². The van der Waals surface area contributed by atoms with Gasteiger partial charge in [0, 0.05) is 6.54 Å². The molecule has 0 bridgehead atoms. The lowest BCUT2D eigenvalue weighted by atomic mass is 9.98.